The van der Waals surface area contributed by atoms with Gasteiger partial charge in [-0.3, -0.25) is 0 Å². The van der Waals surface area contributed by atoms with Gasteiger partial charge in [0.2, 0.25) is 0 Å². The van der Waals surface area contributed by atoms with E-state index in [0.717, 1.165) is 32.2 Å². The Labute approximate surface area is 104 Å². The molecule has 1 unspecified atom stereocenters. The van der Waals surface area contributed by atoms with E-state index in [1.807, 2.05) is 6.92 Å². The minimum Gasteiger partial charge on any atom is -0.313 e. The van der Waals surface area contributed by atoms with E-state index in [1.54, 1.807) is 8.61 Å². The van der Waals surface area contributed by atoms with Gasteiger partial charge in [-0.05, 0) is 32.2 Å². The molecule has 1 N–H and O–H groups in total. The van der Waals surface area contributed by atoms with Crippen LogP contribution in [0.5, 0.6) is 0 Å². The van der Waals surface area contributed by atoms with E-state index < -0.39 is 10.2 Å². The Morgan fingerprint density at radius 2 is 2.00 bits per heavy atom. The second-order valence-electron chi connectivity index (χ2n) is 4.86. The topological polar surface area (TPSA) is 52.7 Å². The fraction of sp³-hybridized carbons (Fsp3) is 1.00. The maximum atomic E-state index is 12.4. The van der Waals surface area contributed by atoms with Crippen molar-refractivity contribution >= 4 is 10.2 Å². The quantitative estimate of drug-likeness (QED) is 0.779. The molecule has 1 atom stereocenters. The molecule has 2 heterocycles. The molecular formula is C11H23N3O2S. The fourth-order valence-electron chi connectivity index (χ4n) is 2.63. The van der Waals surface area contributed by atoms with Crippen LogP contribution < -0.4 is 5.32 Å². The average Bonchev–Trinajstić information content (AvgIpc) is 2.98. The molecule has 0 aromatic carbocycles. The molecule has 2 aliphatic rings. The van der Waals surface area contributed by atoms with Crippen molar-refractivity contribution in [2.75, 3.05) is 32.7 Å². The minimum atomic E-state index is -3.21. The van der Waals surface area contributed by atoms with Crippen LogP contribution in [0.25, 0.3) is 0 Å². The molecule has 0 saturated carbocycles. The summed E-state index contributed by atoms with van der Waals surface area (Å²) in [6.45, 7) is 5.51. The normalized spacial score (nSPS) is 27.1. The summed E-state index contributed by atoms with van der Waals surface area (Å²) in [6.07, 6.45) is 4.24. The monoisotopic (exact) mass is 261 g/mol. The summed E-state index contributed by atoms with van der Waals surface area (Å²) in [5, 5.41) is 3.36. The van der Waals surface area contributed by atoms with Gasteiger partial charge < -0.3 is 5.32 Å². The Kier molecular flexibility index (Phi) is 4.41. The predicted octanol–water partition coefficient (Wildman–Crippen LogP) is 0.401. The molecule has 2 rings (SSSR count). The van der Waals surface area contributed by atoms with E-state index in [9.17, 15) is 8.42 Å². The molecule has 2 aliphatic heterocycles. The van der Waals surface area contributed by atoms with Gasteiger partial charge in [-0.1, -0.05) is 6.92 Å². The molecule has 0 aromatic rings. The first-order valence-corrected chi connectivity index (χ1v) is 8.03. The lowest BCUT2D eigenvalue weighted by atomic mass is 10.2. The van der Waals surface area contributed by atoms with Crippen LogP contribution in [0.15, 0.2) is 0 Å². The lowest BCUT2D eigenvalue weighted by Gasteiger charge is -2.28. The Hall–Kier alpha value is -0.170. The SMILES string of the molecule is CCN(CC1CCCN1)S(=O)(=O)N1CCCC1. The molecule has 2 saturated heterocycles. The van der Waals surface area contributed by atoms with Crippen molar-refractivity contribution in [3.63, 3.8) is 0 Å². The first kappa shape index (κ1) is 13.3. The van der Waals surface area contributed by atoms with E-state index in [1.165, 1.54) is 0 Å². The molecule has 0 bridgehead atoms. The van der Waals surface area contributed by atoms with Gasteiger partial charge in [0.1, 0.15) is 0 Å². The number of nitrogens with zero attached hydrogens (tertiary/aromatic N) is 2. The molecule has 0 aliphatic carbocycles. The minimum absolute atomic E-state index is 0.340. The van der Waals surface area contributed by atoms with Crippen LogP contribution >= 0.6 is 0 Å². The van der Waals surface area contributed by atoms with Crippen molar-refractivity contribution < 1.29 is 8.42 Å². The Balaban J connectivity index is 2.00. The van der Waals surface area contributed by atoms with E-state index in [0.29, 0.717) is 32.2 Å². The van der Waals surface area contributed by atoms with Crippen LogP contribution in [0.4, 0.5) is 0 Å². The standard InChI is InChI=1S/C11H23N3O2S/c1-2-13(10-11-6-5-7-12-11)17(15,16)14-8-3-4-9-14/h11-12H,2-10H2,1H3. The van der Waals surface area contributed by atoms with Crippen LogP contribution in [-0.2, 0) is 10.2 Å². The third kappa shape index (κ3) is 2.99. The lowest BCUT2D eigenvalue weighted by Crippen LogP contribution is -2.47. The van der Waals surface area contributed by atoms with Gasteiger partial charge in [0.05, 0.1) is 0 Å². The highest BCUT2D eigenvalue weighted by atomic mass is 32.2. The summed E-state index contributed by atoms with van der Waals surface area (Å²) in [4.78, 5) is 0. The summed E-state index contributed by atoms with van der Waals surface area (Å²) in [7, 11) is -3.21. The van der Waals surface area contributed by atoms with Crippen molar-refractivity contribution in [1.82, 2.24) is 13.9 Å². The van der Waals surface area contributed by atoms with Gasteiger partial charge in [-0.2, -0.15) is 17.0 Å². The van der Waals surface area contributed by atoms with Crippen molar-refractivity contribution in [1.29, 1.82) is 0 Å². The lowest BCUT2D eigenvalue weighted by molar-refractivity contribution is 0.344. The number of nitrogens with one attached hydrogen (secondary N) is 1. The Morgan fingerprint density at radius 1 is 1.29 bits per heavy atom. The largest absolute Gasteiger partial charge is 0.313 e. The van der Waals surface area contributed by atoms with E-state index in [-0.39, 0.29) is 0 Å². The highest BCUT2D eigenvalue weighted by Gasteiger charge is 2.32. The highest BCUT2D eigenvalue weighted by molar-refractivity contribution is 7.86. The van der Waals surface area contributed by atoms with Gasteiger partial charge in [-0.25, -0.2) is 0 Å². The average molecular weight is 261 g/mol. The third-order valence-electron chi connectivity index (χ3n) is 3.66. The highest BCUT2D eigenvalue weighted by Crippen LogP contribution is 2.18. The summed E-state index contributed by atoms with van der Waals surface area (Å²) in [5.74, 6) is 0. The number of likely N-dealkylation sites (N-methyl/N-ethyl adjacent to an activating group) is 1. The maximum Gasteiger partial charge on any atom is 0.282 e. The fourth-order valence-corrected chi connectivity index (χ4v) is 4.37. The van der Waals surface area contributed by atoms with Crippen molar-refractivity contribution in [3.05, 3.63) is 0 Å². The maximum absolute atomic E-state index is 12.4. The van der Waals surface area contributed by atoms with E-state index >= 15 is 0 Å². The molecule has 2 fully saturated rings. The van der Waals surface area contributed by atoms with Gasteiger partial charge in [-0.15, -0.1) is 0 Å². The van der Waals surface area contributed by atoms with Crippen LogP contribution in [0, 0.1) is 0 Å². The summed E-state index contributed by atoms with van der Waals surface area (Å²) in [6, 6.07) is 0.340. The molecule has 17 heavy (non-hydrogen) atoms. The van der Waals surface area contributed by atoms with Gasteiger partial charge in [0.15, 0.2) is 0 Å². The molecule has 0 radical (unpaired) electrons. The predicted molar refractivity (Wildman–Crippen MR) is 68.0 cm³/mol. The first-order valence-electron chi connectivity index (χ1n) is 6.63. The van der Waals surface area contributed by atoms with E-state index in [4.69, 9.17) is 0 Å². The van der Waals surface area contributed by atoms with Crippen LogP contribution in [-0.4, -0.2) is 55.8 Å². The summed E-state index contributed by atoms with van der Waals surface area (Å²) >= 11 is 0. The van der Waals surface area contributed by atoms with Crippen molar-refractivity contribution in [2.45, 2.75) is 38.6 Å². The Bertz CT molecular complexity index is 333. The van der Waals surface area contributed by atoms with Crippen molar-refractivity contribution in [3.8, 4) is 0 Å². The number of rotatable bonds is 5. The van der Waals surface area contributed by atoms with Crippen LogP contribution in [0.3, 0.4) is 0 Å². The number of hydrogen-bond acceptors (Lipinski definition) is 3. The molecule has 6 heteroatoms. The number of hydrogen-bond donors (Lipinski definition) is 1. The van der Waals surface area contributed by atoms with Crippen LogP contribution in [0.1, 0.15) is 32.6 Å². The zero-order valence-electron chi connectivity index (χ0n) is 10.6. The molecule has 0 spiro atoms. The first-order chi connectivity index (χ1) is 8.14. The van der Waals surface area contributed by atoms with Gasteiger partial charge >= 0.3 is 0 Å². The zero-order chi connectivity index (χ0) is 12.3. The molecule has 0 amide bonds. The molecule has 0 aromatic heterocycles. The van der Waals surface area contributed by atoms with E-state index in [2.05, 4.69) is 5.32 Å². The van der Waals surface area contributed by atoms with Gasteiger partial charge in [0, 0.05) is 32.2 Å². The second-order valence-corrected chi connectivity index (χ2v) is 6.79. The molecule has 5 nitrogen and oxygen atoms in total. The van der Waals surface area contributed by atoms with Crippen LogP contribution in [0.2, 0.25) is 0 Å². The second kappa shape index (κ2) is 5.65. The summed E-state index contributed by atoms with van der Waals surface area (Å²) in [5.41, 5.74) is 0. The molecular weight excluding hydrogens is 238 g/mol. The smallest absolute Gasteiger partial charge is 0.282 e. The Morgan fingerprint density at radius 3 is 2.53 bits per heavy atom. The summed E-state index contributed by atoms with van der Waals surface area (Å²) < 4.78 is 28.0. The van der Waals surface area contributed by atoms with Gasteiger partial charge in [0.25, 0.3) is 10.2 Å². The van der Waals surface area contributed by atoms with Crippen molar-refractivity contribution in [2.24, 2.45) is 0 Å². The third-order valence-corrected chi connectivity index (χ3v) is 5.73. The molecule has 100 valence electrons. The zero-order valence-corrected chi connectivity index (χ0v) is 11.4.